The molecule has 0 aliphatic carbocycles. The molecule has 17 heavy (non-hydrogen) atoms. The summed E-state index contributed by atoms with van der Waals surface area (Å²) in [5.41, 5.74) is -7.77. The van der Waals surface area contributed by atoms with E-state index in [1.54, 1.807) is 13.8 Å². The summed E-state index contributed by atoms with van der Waals surface area (Å²) in [7, 11) is 0. The molecule has 1 heterocycles. The lowest BCUT2D eigenvalue weighted by Gasteiger charge is -2.65. The molecule has 4 atom stereocenters. The van der Waals surface area contributed by atoms with Crippen molar-refractivity contribution in [1.82, 2.24) is 0 Å². The van der Waals surface area contributed by atoms with Gasteiger partial charge in [0.1, 0.15) is 22.4 Å². The van der Waals surface area contributed by atoms with E-state index >= 15 is 0 Å². The van der Waals surface area contributed by atoms with Crippen molar-refractivity contribution in [3.05, 3.63) is 0 Å². The van der Waals surface area contributed by atoms with Gasteiger partial charge in [-0.2, -0.15) is 0 Å². The Bertz CT molecular complexity index is 319. The second-order valence-corrected chi connectivity index (χ2v) is 6.22. The third kappa shape index (κ3) is 1.50. The summed E-state index contributed by atoms with van der Waals surface area (Å²) in [4.78, 5) is 0. The maximum Gasteiger partial charge on any atom is 0.124 e. The van der Waals surface area contributed by atoms with Crippen molar-refractivity contribution in [3.63, 3.8) is 0 Å². The summed E-state index contributed by atoms with van der Waals surface area (Å²) in [6.45, 7) is 8.40. The van der Waals surface area contributed by atoms with E-state index in [2.05, 4.69) is 0 Å². The van der Waals surface area contributed by atoms with Crippen LogP contribution in [0.15, 0.2) is 0 Å². The molecule has 1 rings (SSSR count). The quantitative estimate of drug-likeness (QED) is 0.516. The molecule has 1 fully saturated rings. The second-order valence-electron chi connectivity index (χ2n) is 6.22. The molecule has 1 aliphatic rings. The largest absolute Gasteiger partial charge is 0.393 e. The van der Waals surface area contributed by atoms with Crippen LogP contribution >= 0.6 is 0 Å². The number of hydrogen-bond donors (Lipinski definition) is 4. The zero-order valence-corrected chi connectivity index (χ0v) is 11.4. The smallest absolute Gasteiger partial charge is 0.124 e. The van der Waals surface area contributed by atoms with E-state index in [1.165, 1.54) is 27.7 Å². The molecule has 0 aromatic heterocycles. The SMILES string of the molecule is CC1(O)[C@@](C)(CO)OC(C)(C)[C@@](C)(O)[C@@]1(C)O. The van der Waals surface area contributed by atoms with Crippen molar-refractivity contribution < 1.29 is 25.2 Å². The molecule has 5 heteroatoms. The number of rotatable bonds is 1. The van der Waals surface area contributed by atoms with Crippen molar-refractivity contribution in [3.8, 4) is 0 Å². The van der Waals surface area contributed by atoms with Crippen molar-refractivity contribution in [2.45, 2.75) is 69.5 Å². The molecule has 5 nitrogen and oxygen atoms in total. The van der Waals surface area contributed by atoms with Gasteiger partial charge in [-0.25, -0.2) is 0 Å². The van der Waals surface area contributed by atoms with Crippen LogP contribution in [-0.4, -0.2) is 55.0 Å². The van der Waals surface area contributed by atoms with E-state index in [4.69, 9.17) is 4.74 Å². The van der Waals surface area contributed by atoms with E-state index in [-0.39, 0.29) is 0 Å². The first-order valence-electron chi connectivity index (χ1n) is 5.75. The highest BCUT2D eigenvalue weighted by Crippen LogP contribution is 2.52. The molecular weight excluding hydrogens is 224 g/mol. The first kappa shape index (κ1) is 14.9. The van der Waals surface area contributed by atoms with Gasteiger partial charge < -0.3 is 25.2 Å². The van der Waals surface area contributed by atoms with Gasteiger partial charge in [0, 0.05) is 0 Å². The summed E-state index contributed by atoms with van der Waals surface area (Å²) >= 11 is 0. The Balaban J connectivity index is 3.46. The van der Waals surface area contributed by atoms with Gasteiger partial charge in [0.25, 0.3) is 0 Å². The standard InChI is InChI=1S/C12H24O5/c1-8(2)10(4,14)12(6,16)11(5,15)9(3,7-13)17-8/h13-16H,7H2,1-6H3/t9-,10-,11?,12-/m1/s1. The van der Waals surface area contributed by atoms with Crippen molar-refractivity contribution >= 4 is 0 Å². The normalized spacial score (nSPS) is 54.7. The van der Waals surface area contributed by atoms with E-state index in [0.29, 0.717) is 0 Å². The van der Waals surface area contributed by atoms with Gasteiger partial charge in [-0.05, 0) is 41.5 Å². The molecule has 0 spiro atoms. The molecule has 1 saturated heterocycles. The lowest BCUT2D eigenvalue weighted by molar-refractivity contribution is -0.398. The van der Waals surface area contributed by atoms with Gasteiger partial charge in [-0.1, -0.05) is 0 Å². The minimum atomic E-state index is -1.83. The highest BCUT2D eigenvalue weighted by atomic mass is 16.6. The summed E-state index contributed by atoms with van der Waals surface area (Å²) in [6, 6.07) is 0. The van der Waals surface area contributed by atoms with Gasteiger partial charge in [0.2, 0.25) is 0 Å². The van der Waals surface area contributed by atoms with E-state index < -0.39 is 34.6 Å². The first-order valence-corrected chi connectivity index (χ1v) is 5.75. The Kier molecular flexibility index (Phi) is 2.99. The fraction of sp³-hybridized carbons (Fsp3) is 1.00. The van der Waals surface area contributed by atoms with Crippen LogP contribution in [0.2, 0.25) is 0 Å². The van der Waals surface area contributed by atoms with Crippen LogP contribution < -0.4 is 0 Å². The van der Waals surface area contributed by atoms with Crippen LogP contribution in [-0.2, 0) is 4.74 Å². The molecule has 1 aliphatic heterocycles. The molecule has 102 valence electrons. The Morgan fingerprint density at radius 1 is 0.765 bits per heavy atom. The summed E-state index contributed by atoms with van der Waals surface area (Å²) in [5.74, 6) is 0. The molecule has 0 saturated carbocycles. The molecule has 0 radical (unpaired) electrons. The van der Waals surface area contributed by atoms with E-state index in [1.807, 2.05) is 0 Å². The number of aliphatic hydroxyl groups is 4. The molecule has 0 aromatic carbocycles. The highest BCUT2D eigenvalue weighted by molar-refractivity contribution is 5.22. The second kappa shape index (κ2) is 3.42. The highest BCUT2D eigenvalue weighted by Gasteiger charge is 2.72. The summed E-state index contributed by atoms with van der Waals surface area (Å²) in [5, 5.41) is 41.0. The number of ether oxygens (including phenoxy) is 1. The summed E-state index contributed by atoms with van der Waals surface area (Å²) in [6.07, 6.45) is 0. The monoisotopic (exact) mass is 248 g/mol. The lowest BCUT2D eigenvalue weighted by Crippen LogP contribution is -2.83. The van der Waals surface area contributed by atoms with Gasteiger partial charge in [-0.3, -0.25) is 0 Å². The van der Waals surface area contributed by atoms with Crippen LogP contribution in [0.1, 0.15) is 41.5 Å². The van der Waals surface area contributed by atoms with Gasteiger partial charge in [0.05, 0.1) is 12.2 Å². The first-order chi connectivity index (χ1) is 7.27. The molecule has 0 bridgehead atoms. The summed E-state index contributed by atoms with van der Waals surface area (Å²) < 4.78 is 5.67. The van der Waals surface area contributed by atoms with Crippen LogP contribution in [0, 0.1) is 0 Å². The number of aliphatic hydroxyl groups excluding tert-OH is 1. The average molecular weight is 248 g/mol. The third-order valence-electron chi connectivity index (χ3n) is 4.88. The van der Waals surface area contributed by atoms with Gasteiger partial charge in [0.15, 0.2) is 0 Å². The Morgan fingerprint density at radius 3 is 1.53 bits per heavy atom. The minimum absolute atomic E-state index is 0.463. The topological polar surface area (TPSA) is 90.2 Å². The van der Waals surface area contributed by atoms with Crippen molar-refractivity contribution in [1.29, 1.82) is 0 Å². The molecule has 4 N–H and O–H groups in total. The zero-order chi connectivity index (χ0) is 13.9. The van der Waals surface area contributed by atoms with Crippen LogP contribution in [0.3, 0.4) is 0 Å². The molecular formula is C12H24O5. The van der Waals surface area contributed by atoms with Crippen molar-refractivity contribution in [2.75, 3.05) is 6.61 Å². The number of hydrogen-bond acceptors (Lipinski definition) is 5. The molecule has 1 unspecified atom stereocenters. The fourth-order valence-corrected chi connectivity index (χ4v) is 2.52. The predicted molar refractivity (Wildman–Crippen MR) is 62.5 cm³/mol. The average Bonchev–Trinajstić information content (AvgIpc) is 2.14. The maximum atomic E-state index is 10.5. The maximum absolute atomic E-state index is 10.5. The molecule has 0 amide bonds. The van der Waals surface area contributed by atoms with E-state index in [0.717, 1.165) is 0 Å². The van der Waals surface area contributed by atoms with Gasteiger partial charge in [-0.15, -0.1) is 0 Å². The van der Waals surface area contributed by atoms with E-state index in [9.17, 15) is 20.4 Å². The Hall–Kier alpha value is -0.200. The van der Waals surface area contributed by atoms with Crippen LogP contribution in [0.25, 0.3) is 0 Å². The Morgan fingerprint density at radius 2 is 1.18 bits per heavy atom. The fourth-order valence-electron chi connectivity index (χ4n) is 2.52. The lowest BCUT2D eigenvalue weighted by atomic mass is 9.59. The molecule has 0 aromatic rings. The predicted octanol–water partition coefficient (Wildman–Crippen LogP) is -0.201. The van der Waals surface area contributed by atoms with Crippen LogP contribution in [0.5, 0.6) is 0 Å². The zero-order valence-electron chi connectivity index (χ0n) is 11.4. The Labute approximate surface area is 102 Å². The third-order valence-corrected chi connectivity index (χ3v) is 4.88. The minimum Gasteiger partial charge on any atom is -0.393 e. The van der Waals surface area contributed by atoms with Gasteiger partial charge >= 0.3 is 0 Å². The van der Waals surface area contributed by atoms with Crippen molar-refractivity contribution in [2.24, 2.45) is 0 Å². The van der Waals surface area contributed by atoms with Crippen LogP contribution in [0.4, 0.5) is 0 Å².